The number of thioether (sulfide) groups is 1. The Balaban J connectivity index is 1.54. The van der Waals surface area contributed by atoms with Crippen LogP contribution in [0.2, 0.25) is 0 Å². The molecule has 1 amide bonds. The van der Waals surface area contributed by atoms with Crippen LogP contribution in [0.1, 0.15) is 52.3 Å². The summed E-state index contributed by atoms with van der Waals surface area (Å²) in [4.78, 5) is 35.6. The van der Waals surface area contributed by atoms with Crippen LogP contribution in [-0.4, -0.2) is 27.4 Å². The first-order valence-electron chi connectivity index (χ1n) is 9.23. The number of rotatable bonds is 6. The summed E-state index contributed by atoms with van der Waals surface area (Å²) in [5.74, 6) is 1.63. The van der Waals surface area contributed by atoms with Crippen molar-refractivity contribution in [1.82, 2.24) is 9.97 Å². The van der Waals surface area contributed by atoms with Crippen molar-refractivity contribution in [3.05, 3.63) is 46.1 Å². The van der Waals surface area contributed by atoms with Crippen molar-refractivity contribution in [2.45, 2.75) is 44.6 Å². The van der Waals surface area contributed by atoms with Crippen LogP contribution in [-0.2, 0) is 4.79 Å². The number of thiophene rings is 1. The van der Waals surface area contributed by atoms with Gasteiger partial charge in [-0.25, -0.2) is 9.97 Å². The zero-order valence-corrected chi connectivity index (χ0v) is 17.7. The SMILES string of the molecule is CC(=O)Nc1ccc(C(=O)CSc2nc(C3CC3)nc3sc(C)c(C)c23)cc1. The van der Waals surface area contributed by atoms with Crippen molar-refractivity contribution in [2.24, 2.45) is 0 Å². The quantitative estimate of drug-likeness (QED) is 0.346. The first-order valence-corrected chi connectivity index (χ1v) is 11.0. The minimum atomic E-state index is -0.129. The molecule has 0 spiro atoms. The maximum absolute atomic E-state index is 12.7. The minimum Gasteiger partial charge on any atom is -0.326 e. The Morgan fingerprint density at radius 1 is 1.18 bits per heavy atom. The van der Waals surface area contributed by atoms with Gasteiger partial charge < -0.3 is 5.32 Å². The second-order valence-electron chi connectivity index (χ2n) is 7.10. The van der Waals surface area contributed by atoms with Crippen LogP contribution in [0, 0.1) is 13.8 Å². The maximum Gasteiger partial charge on any atom is 0.221 e. The Morgan fingerprint density at radius 2 is 1.89 bits per heavy atom. The van der Waals surface area contributed by atoms with Crippen LogP contribution in [0.4, 0.5) is 5.69 Å². The number of anilines is 1. The molecule has 0 unspecified atom stereocenters. The van der Waals surface area contributed by atoms with Gasteiger partial charge >= 0.3 is 0 Å². The average Bonchev–Trinajstić information content (AvgIpc) is 3.46. The smallest absolute Gasteiger partial charge is 0.221 e. The lowest BCUT2D eigenvalue weighted by Crippen LogP contribution is -2.07. The van der Waals surface area contributed by atoms with Gasteiger partial charge in [-0.1, -0.05) is 11.8 Å². The second kappa shape index (κ2) is 7.64. The lowest BCUT2D eigenvalue weighted by Gasteiger charge is -2.07. The summed E-state index contributed by atoms with van der Waals surface area (Å²) in [6.45, 7) is 5.66. The van der Waals surface area contributed by atoms with E-state index in [1.165, 1.54) is 29.1 Å². The zero-order chi connectivity index (χ0) is 19.8. The highest BCUT2D eigenvalue weighted by molar-refractivity contribution is 8.00. The summed E-state index contributed by atoms with van der Waals surface area (Å²) in [5, 5.41) is 4.71. The summed E-state index contributed by atoms with van der Waals surface area (Å²) in [6, 6.07) is 7.00. The van der Waals surface area contributed by atoms with Gasteiger partial charge in [0.05, 0.1) is 5.75 Å². The van der Waals surface area contributed by atoms with Crippen LogP contribution in [0.5, 0.6) is 0 Å². The standard InChI is InChI=1S/C21H21N3O2S2/c1-11-12(2)28-21-18(11)20(23-19(24-21)15-4-5-15)27-10-17(26)14-6-8-16(9-7-14)22-13(3)25/h6-9,15H,4-5,10H2,1-3H3,(H,22,25). The van der Waals surface area contributed by atoms with Gasteiger partial charge in [0.15, 0.2) is 5.78 Å². The number of fused-ring (bicyclic) bond motifs is 1. The highest BCUT2D eigenvalue weighted by atomic mass is 32.2. The minimum absolute atomic E-state index is 0.0451. The third-order valence-electron chi connectivity index (χ3n) is 4.82. The van der Waals surface area contributed by atoms with E-state index in [4.69, 9.17) is 9.97 Å². The average molecular weight is 412 g/mol. The first-order chi connectivity index (χ1) is 13.4. The van der Waals surface area contributed by atoms with Crippen LogP contribution in [0.3, 0.4) is 0 Å². The number of aryl methyl sites for hydroxylation is 2. The fourth-order valence-corrected chi connectivity index (χ4v) is 5.10. The topological polar surface area (TPSA) is 72.0 Å². The van der Waals surface area contributed by atoms with Crippen molar-refractivity contribution in [2.75, 3.05) is 11.1 Å². The van der Waals surface area contributed by atoms with E-state index >= 15 is 0 Å². The van der Waals surface area contributed by atoms with Crippen molar-refractivity contribution >= 4 is 50.7 Å². The van der Waals surface area contributed by atoms with Crippen molar-refractivity contribution in [3.8, 4) is 0 Å². The van der Waals surface area contributed by atoms with Gasteiger partial charge in [0.1, 0.15) is 15.7 Å². The predicted octanol–water partition coefficient (Wildman–Crippen LogP) is 5.12. The number of hydrogen-bond acceptors (Lipinski definition) is 6. The number of nitrogens with one attached hydrogen (secondary N) is 1. The molecule has 1 aromatic carbocycles. The summed E-state index contributed by atoms with van der Waals surface area (Å²) < 4.78 is 0. The molecule has 2 aromatic heterocycles. The molecule has 1 aliphatic carbocycles. The highest BCUT2D eigenvalue weighted by Gasteiger charge is 2.28. The van der Waals surface area contributed by atoms with E-state index in [0.29, 0.717) is 22.9 Å². The fraction of sp³-hybridized carbons (Fsp3) is 0.333. The zero-order valence-electron chi connectivity index (χ0n) is 16.0. The van der Waals surface area contributed by atoms with E-state index in [1.807, 2.05) is 0 Å². The predicted molar refractivity (Wildman–Crippen MR) is 115 cm³/mol. The van der Waals surface area contributed by atoms with Gasteiger partial charge in [0, 0.05) is 34.4 Å². The number of amides is 1. The van der Waals surface area contributed by atoms with Crippen LogP contribution in [0.15, 0.2) is 29.3 Å². The third kappa shape index (κ3) is 3.95. The number of carbonyl (C=O) groups excluding carboxylic acids is 2. The number of aromatic nitrogens is 2. The molecule has 4 rings (SSSR count). The summed E-state index contributed by atoms with van der Waals surface area (Å²) >= 11 is 3.20. The number of nitrogens with zero attached hydrogens (tertiary/aromatic N) is 2. The molecule has 1 fully saturated rings. The molecule has 1 aliphatic rings. The van der Waals surface area contributed by atoms with E-state index < -0.39 is 0 Å². The largest absolute Gasteiger partial charge is 0.326 e. The van der Waals surface area contributed by atoms with E-state index in [2.05, 4.69) is 19.2 Å². The molecule has 0 radical (unpaired) electrons. The lowest BCUT2D eigenvalue weighted by atomic mass is 10.1. The van der Waals surface area contributed by atoms with Gasteiger partial charge in [-0.2, -0.15) is 0 Å². The molecule has 2 heterocycles. The van der Waals surface area contributed by atoms with Crippen molar-refractivity contribution in [1.29, 1.82) is 0 Å². The van der Waals surface area contributed by atoms with E-state index in [1.54, 1.807) is 35.6 Å². The number of carbonyl (C=O) groups is 2. The van der Waals surface area contributed by atoms with E-state index in [-0.39, 0.29) is 11.7 Å². The van der Waals surface area contributed by atoms with Crippen LogP contribution < -0.4 is 5.32 Å². The number of ketones is 1. The maximum atomic E-state index is 12.7. The molecule has 0 atom stereocenters. The molecule has 5 nitrogen and oxygen atoms in total. The molecule has 3 aromatic rings. The third-order valence-corrected chi connectivity index (χ3v) is 6.90. The Labute approximate surface area is 172 Å². The van der Waals surface area contributed by atoms with Gasteiger partial charge in [0.25, 0.3) is 0 Å². The van der Waals surface area contributed by atoms with Crippen LogP contribution >= 0.6 is 23.1 Å². The first kappa shape index (κ1) is 19.1. The Kier molecular flexibility index (Phi) is 5.21. The summed E-state index contributed by atoms with van der Waals surface area (Å²) in [7, 11) is 0. The Bertz CT molecular complexity index is 1070. The van der Waals surface area contributed by atoms with E-state index in [0.717, 1.165) is 33.9 Å². The normalized spacial score (nSPS) is 13.7. The summed E-state index contributed by atoms with van der Waals surface area (Å²) in [5.41, 5.74) is 2.53. The molecule has 1 saturated carbocycles. The molecule has 7 heteroatoms. The molecular weight excluding hydrogens is 390 g/mol. The molecule has 144 valence electrons. The molecule has 0 saturated heterocycles. The molecular formula is C21H21N3O2S2. The van der Waals surface area contributed by atoms with Gasteiger partial charge in [-0.3, -0.25) is 9.59 Å². The van der Waals surface area contributed by atoms with Gasteiger partial charge in [-0.05, 0) is 56.5 Å². The second-order valence-corrected chi connectivity index (χ2v) is 9.26. The van der Waals surface area contributed by atoms with Crippen LogP contribution in [0.25, 0.3) is 10.2 Å². The molecule has 28 heavy (non-hydrogen) atoms. The molecule has 1 N–H and O–H groups in total. The molecule has 0 aliphatic heterocycles. The fourth-order valence-electron chi connectivity index (χ4n) is 3.02. The van der Waals surface area contributed by atoms with Gasteiger partial charge in [-0.15, -0.1) is 11.3 Å². The summed E-state index contributed by atoms with van der Waals surface area (Å²) in [6.07, 6.45) is 2.30. The number of hydrogen-bond donors (Lipinski definition) is 1. The highest BCUT2D eigenvalue weighted by Crippen LogP contribution is 2.42. The lowest BCUT2D eigenvalue weighted by molar-refractivity contribution is -0.114. The Morgan fingerprint density at radius 3 is 2.54 bits per heavy atom. The number of benzene rings is 1. The van der Waals surface area contributed by atoms with Crippen molar-refractivity contribution < 1.29 is 9.59 Å². The van der Waals surface area contributed by atoms with Gasteiger partial charge in [0.2, 0.25) is 5.91 Å². The van der Waals surface area contributed by atoms with Crippen molar-refractivity contribution in [3.63, 3.8) is 0 Å². The monoisotopic (exact) mass is 411 g/mol. The number of Topliss-reactive ketones (excluding diaryl/α,β-unsaturated/α-hetero) is 1. The molecule has 0 bridgehead atoms. The van der Waals surface area contributed by atoms with E-state index in [9.17, 15) is 9.59 Å². The Hall–Kier alpha value is -2.25.